The summed E-state index contributed by atoms with van der Waals surface area (Å²) in [5.41, 5.74) is 8.15. The van der Waals surface area contributed by atoms with Gasteiger partial charge in [-0.2, -0.15) is 11.8 Å². The first-order chi connectivity index (χ1) is 8.70. The predicted molar refractivity (Wildman–Crippen MR) is 80.4 cm³/mol. The van der Waals surface area contributed by atoms with Gasteiger partial charge in [0.1, 0.15) is 5.82 Å². The molecule has 4 heteroatoms. The van der Waals surface area contributed by atoms with Crippen LogP contribution in [0.5, 0.6) is 0 Å². The van der Waals surface area contributed by atoms with Crippen molar-refractivity contribution in [3.05, 3.63) is 23.4 Å². The van der Waals surface area contributed by atoms with Gasteiger partial charge >= 0.3 is 0 Å². The van der Waals surface area contributed by atoms with Gasteiger partial charge in [-0.05, 0) is 35.8 Å². The van der Waals surface area contributed by atoms with Gasteiger partial charge in [0, 0.05) is 31.1 Å². The summed E-state index contributed by atoms with van der Waals surface area (Å²) in [6, 6.07) is 4.29. The van der Waals surface area contributed by atoms with Crippen LogP contribution in [0.4, 0.5) is 5.82 Å². The van der Waals surface area contributed by atoms with E-state index < -0.39 is 0 Å². The van der Waals surface area contributed by atoms with Gasteiger partial charge in [0.25, 0.3) is 0 Å². The fraction of sp³-hybridized carbons (Fsp3) is 0.643. The Kier molecular flexibility index (Phi) is 4.89. The van der Waals surface area contributed by atoms with Crippen molar-refractivity contribution in [1.29, 1.82) is 0 Å². The van der Waals surface area contributed by atoms with Crippen LogP contribution in [-0.4, -0.2) is 29.6 Å². The highest BCUT2D eigenvalue weighted by molar-refractivity contribution is 7.99. The van der Waals surface area contributed by atoms with Crippen molar-refractivity contribution in [3.8, 4) is 0 Å². The van der Waals surface area contributed by atoms with E-state index in [-0.39, 0.29) is 0 Å². The Bertz CT molecular complexity index is 385. The van der Waals surface area contributed by atoms with Crippen LogP contribution in [0.15, 0.2) is 12.1 Å². The molecular weight excluding hydrogens is 242 g/mol. The molecule has 1 aliphatic rings. The van der Waals surface area contributed by atoms with E-state index in [0.717, 1.165) is 24.6 Å². The molecule has 0 aromatic carbocycles. The van der Waals surface area contributed by atoms with E-state index in [9.17, 15) is 0 Å². The first-order valence-corrected chi connectivity index (χ1v) is 7.90. The molecule has 0 atom stereocenters. The summed E-state index contributed by atoms with van der Waals surface area (Å²) >= 11 is 2.04. The molecule has 18 heavy (non-hydrogen) atoms. The summed E-state index contributed by atoms with van der Waals surface area (Å²) < 4.78 is 0. The Labute approximate surface area is 114 Å². The lowest BCUT2D eigenvalue weighted by Crippen LogP contribution is -2.27. The molecule has 1 fully saturated rings. The summed E-state index contributed by atoms with van der Waals surface area (Å²) in [6.07, 6.45) is 1.25. The molecule has 3 nitrogen and oxygen atoms in total. The lowest BCUT2D eigenvalue weighted by atomic mass is 10.1. The number of nitrogens with two attached hydrogens (primary N) is 1. The van der Waals surface area contributed by atoms with E-state index in [4.69, 9.17) is 10.7 Å². The Hall–Kier alpha value is -0.740. The highest BCUT2D eigenvalue weighted by Gasteiger charge is 2.13. The van der Waals surface area contributed by atoms with Gasteiger partial charge in [0.05, 0.1) is 0 Å². The van der Waals surface area contributed by atoms with Crippen LogP contribution in [0.25, 0.3) is 0 Å². The zero-order valence-electron chi connectivity index (χ0n) is 11.4. The van der Waals surface area contributed by atoms with Crippen LogP contribution in [0.1, 0.15) is 37.4 Å². The van der Waals surface area contributed by atoms with Crippen molar-refractivity contribution >= 4 is 17.6 Å². The minimum Gasteiger partial charge on any atom is -0.356 e. The number of aromatic nitrogens is 1. The lowest BCUT2D eigenvalue weighted by molar-refractivity contribution is 0.770. The average Bonchev–Trinajstić information content (AvgIpc) is 2.67. The van der Waals surface area contributed by atoms with Crippen molar-refractivity contribution in [2.75, 3.05) is 29.5 Å². The first-order valence-electron chi connectivity index (χ1n) is 6.74. The van der Waals surface area contributed by atoms with Crippen LogP contribution in [0.2, 0.25) is 0 Å². The summed E-state index contributed by atoms with van der Waals surface area (Å²) in [5, 5.41) is 0. The van der Waals surface area contributed by atoms with Crippen LogP contribution in [-0.2, 0) is 6.54 Å². The molecule has 1 aromatic heterocycles. The molecule has 1 aliphatic heterocycles. The third-order valence-corrected chi connectivity index (χ3v) is 4.31. The van der Waals surface area contributed by atoms with Crippen LogP contribution < -0.4 is 10.6 Å². The number of hydrogen-bond donors (Lipinski definition) is 1. The maximum Gasteiger partial charge on any atom is 0.129 e. The van der Waals surface area contributed by atoms with Gasteiger partial charge in [-0.1, -0.05) is 13.8 Å². The minimum atomic E-state index is 0.455. The normalized spacial score (nSPS) is 17.0. The number of thioether (sulfide) groups is 1. The SMILES string of the molecule is CC(C)c1cc(CN)cc(N2CCCSCC2)n1. The topological polar surface area (TPSA) is 42.1 Å². The molecule has 2 N–H and O–H groups in total. The zero-order valence-corrected chi connectivity index (χ0v) is 12.2. The van der Waals surface area contributed by atoms with E-state index in [0.29, 0.717) is 12.5 Å². The van der Waals surface area contributed by atoms with Gasteiger partial charge in [0.15, 0.2) is 0 Å². The summed E-state index contributed by atoms with van der Waals surface area (Å²) in [4.78, 5) is 7.22. The smallest absolute Gasteiger partial charge is 0.129 e. The molecule has 0 spiro atoms. The monoisotopic (exact) mass is 265 g/mol. The molecule has 0 bridgehead atoms. The van der Waals surface area contributed by atoms with E-state index >= 15 is 0 Å². The number of hydrogen-bond acceptors (Lipinski definition) is 4. The highest BCUT2D eigenvalue weighted by Crippen LogP contribution is 2.22. The molecule has 0 saturated carbocycles. The van der Waals surface area contributed by atoms with Crippen molar-refractivity contribution in [3.63, 3.8) is 0 Å². The summed E-state index contributed by atoms with van der Waals surface area (Å²) in [6.45, 7) is 7.18. The van der Waals surface area contributed by atoms with E-state index in [1.807, 2.05) is 11.8 Å². The fourth-order valence-electron chi connectivity index (χ4n) is 2.15. The zero-order chi connectivity index (χ0) is 13.0. The Balaban J connectivity index is 2.27. The van der Waals surface area contributed by atoms with Crippen LogP contribution in [0.3, 0.4) is 0 Å². The molecule has 0 amide bonds. The molecule has 2 rings (SSSR count). The molecule has 1 aromatic rings. The number of nitrogens with zero attached hydrogens (tertiary/aromatic N) is 2. The number of anilines is 1. The van der Waals surface area contributed by atoms with Crippen LogP contribution >= 0.6 is 11.8 Å². The first kappa shape index (κ1) is 13.7. The minimum absolute atomic E-state index is 0.455. The van der Waals surface area contributed by atoms with Crippen molar-refractivity contribution in [2.45, 2.75) is 32.7 Å². The standard InChI is InChI=1S/C14H23N3S/c1-11(2)13-8-12(10-15)9-14(16-13)17-4-3-6-18-7-5-17/h8-9,11H,3-7,10,15H2,1-2H3. The van der Waals surface area contributed by atoms with Crippen LogP contribution in [0, 0.1) is 0 Å². The second-order valence-electron chi connectivity index (χ2n) is 5.07. The van der Waals surface area contributed by atoms with Crippen molar-refractivity contribution in [2.24, 2.45) is 5.73 Å². The largest absolute Gasteiger partial charge is 0.356 e. The molecule has 2 heterocycles. The molecule has 0 unspecified atom stereocenters. The van der Waals surface area contributed by atoms with E-state index in [1.165, 1.54) is 23.5 Å². The Morgan fingerprint density at radius 1 is 1.33 bits per heavy atom. The highest BCUT2D eigenvalue weighted by atomic mass is 32.2. The fourth-order valence-corrected chi connectivity index (χ4v) is 3.03. The van der Waals surface area contributed by atoms with E-state index in [1.54, 1.807) is 0 Å². The lowest BCUT2D eigenvalue weighted by Gasteiger charge is -2.23. The molecular formula is C14H23N3S. The van der Waals surface area contributed by atoms with Gasteiger partial charge < -0.3 is 10.6 Å². The summed E-state index contributed by atoms with van der Waals surface area (Å²) in [7, 11) is 0. The molecule has 1 saturated heterocycles. The average molecular weight is 265 g/mol. The van der Waals surface area contributed by atoms with Gasteiger partial charge in [-0.25, -0.2) is 4.98 Å². The third-order valence-electron chi connectivity index (χ3n) is 3.26. The Morgan fingerprint density at radius 3 is 2.89 bits per heavy atom. The molecule has 100 valence electrons. The maximum absolute atomic E-state index is 5.80. The Morgan fingerprint density at radius 2 is 2.17 bits per heavy atom. The predicted octanol–water partition coefficient (Wildman–Crippen LogP) is 2.61. The van der Waals surface area contributed by atoms with Gasteiger partial charge in [-0.15, -0.1) is 0 Å². The van der Waals surface area contributed by atoms with E-state index in [2.05, 4.69) is 30.9 Å². The number of rotatable bonds is 3. The maximum atomic E-state index is 5.80. The van der Waals surface area contributed by atoms with Crippen molar-refractivity contribution in [1.82, 2.24) is 4.98 Å². The third kappa shape index (κ3) is 3.39. The second-order valence-corrected chi connectivity index (χ2v) is 6.30. The van der Waals surface area contributed by atoms with Gasteiger partial charge in [-0.3, -0.25) is 0 Å². The molecule has 0 radical (unpaired) electrons. The quantitative estimate of drug-likeness (QED) is 0.912. The molecule has 0 aliphatic carbocycles. The van der Waals surface area contributed by atoms with Crippen molar-refractivity contribution < 1.29 is 0 Å². The second kappa shape index (κ2) is 6.43. The van der Waals surface area contributed by atoms with Gasteiger partial charge in [0.2, 0.25) is 0 Å². The summed E-state index contributed by atoms with van der Waals surface area (Å²) in [5.74, 6) is 4.04. The number of pyridine rings is 1.